The van der Waals surface area contributed by atoms with Gasteiger partial charge in [-0.2, -0.15) is 0 Å². The summed E-state index contributed by atoms with van der Waals surface area (Å²) < 4.78 is 0. The summed E-state index contributed by atoms with van der Waals surface area (Å²) in [5.74, 6) is -1.05. The van der Waals surface area contributed by atoms with E-state index < -0.39 is 11.4 Å². The monoisotopic (exact) mass is 458 g/mol. The maximum atomic E-state index is 13.7. The van der Waals surface area contributed by atoms with Crippen LogP contribution in [0, 0.1) is 6.92 Å². The van der Waals surface area contributed by atoms with E-state index in [-0.39, 0.29) is 18.6 Å². The summed E-state index contributed by atoms with van der Waals surface area (Å²) in [4.78, 5) is 25.1. The molecule has 0 aromatic heterocycles. The van der Waals surface area contributed by atoms with Gasteiger partial charge in [0.05, 0.1) is 5.41 Å². The summed E-state index contributed by atoms with van der Waals surface area (Å²) in [7, 11) is 0. The van der Waals surface area contributed by atoms with E-state index in [0.717, 1.165) is 16.7 Å². The van der Waals surface area contributed by atoms with Crippen molar-refractivity contribution in [1.29, 1.82) is 0 Å². The molecule has 3 rings (SSSR count). The summed E-state index contributed by atoms with van der Waals surface area (Å²) in [6, 6.07) is 24.8. The Labute approximate surface area is 200 Å². The lowest BCUT2D eigenvalue weighted by Gasteiger charge is -2.31. The Balaban J connectivity index is 1.97. The highest BCUT2D eigenvalue weighted by Crippen LogP contribution is 2.36. The van der Waals surface area contributed by atoms with Gasteiger partial charge in [-0.1, -0.05) is 102 Å². The Bertz CT molecular complexity index is 1130. The first kappa shape index (κ1) is 24.2. The number of carbonyl (C=O) groups excluding carboxylic acids is 1. The predicted octanol–water partition coefficient (Wildman–Crippen LogP) is 7.14. The zero-order chi connectivity index (χ0) is 23.7. The van der Waals surface area contributed by atoms with Crippen molar-refractivity contribution in [1.82, 2.24) is 0 Å². The molecule has 0 bridgehead atoms. The topological polar surface area (TPSA) is 54.4 Å². The molecule has 0 amide bonds. The van der Waals surface area contributed by atoms with Crippen molar-refractivity contribution in [2.75, 3.05) is 0 Å². The second-order valence-corrected chi connectivity index (χ2v) is 8.54. The molecular formula is C29H27ClO3. The zero-order valence-corrected chi connectivity index (χ0v) is 19.3. The van der Waals surface area contributed by atoms with Crippen LogP contribution in [0.25, 0.3) is 12.2 Å². The van der Waals surface area contributed by atoms with E-state index in [4.69, 9.17) is 11.6 Å². The van der Waals surface area contributed by atoms with Crippen molar-refractivity contribution in [3.63, 3.8) is 0 Å². The molecule has 1 unspecified atom stereocenters. The fourth-order valence-corrected chi connectivity index (χ4v) is 3.91. The third-order valence-electron chi connectivity index (χ3n) is 5.71. The normalized spacial score (nSPS) is 13.3. The number of ketones is 1. The van der Waals surface area contributed by atoms with Crippen LogP contribution < -0.4 is 0 Å². The van der Waals surface area contributed by atoms with E-state index in [2.05, 4.69) is 0 Å². The average molecular weight is 459 g/mol. The lowest BCUT2D eigenvalue weighted by molar-refractivity contribution is -0.137. The predicted molar refractivity (Wildman–Crippen MR) is 135 cm³/mol. The number of carboxylic acid groups (broad SMARTS) is 1. The molecule has 0 spiro atoms. The molecule has 4 heteroatoms. The summed E-state index contributed by atoms with van der Waals surface area (Å²) in [6.45, 7) is 2.03. The number of hydrogen-bond donors (Lipinski definition) is 1. The van der Waals surface area contributed by atoms with Crippen LogP contribution in [-0.2, 0) is 15.0 Å². The molecular weight excluding hydrogens is 432 g/mol. The molecule has 0 fully saturated rings. The van der Waals surface area contributed by atoms with E-state index >= 15 is 0 Å². The molecule has 0 aliphatic carbocycles. The number of rotatable bonds is 10. The van der Waals surface area contributed by atoms with Crippen LogP contribution in [0.1, 0.15) is 41.5 Å². The van der Waals surface area contributed by atoms with Crippen LogP contribution in [0.5, 0.6) is 0 Å². The van der Waals surface area contributed by atoms with Gasteiger partial charge in [-0.05, 0) is 54.7 Å². The first-order valence-electron chi connectivity index (χ1n) is 10.9. The molecule has 0 heterocycles. The SMILES string of the molecule is Cc1ccc(/C=C/CC(CCC(=O)O)(C(=O)/C=C/c2ccc(Cl)cc2)c2ccccc2)cc1. The number of benzene rings is 3. The Hall–Kier alpha value is -3.43. The van der Waals surface area contributed by atoms with E-state index in [1.54, 1.807) is 24.3 Å². The third-order valence-corrected chi connectivity index (χ3v) is 5.97. The number of allylic oxidation sites excluding steroid dienone is 2. The highest BCUT2D eigenvalue weighted by molar-refractivity contribution is 6.30. The van der Waals surface area contributed by atoms with Gasteiger partial charge in [0, 0.05) is 11.4 Å². The summed E-state index contributed by atoms with van der Waals surface area (Å²) >= 11 is 5.96. The second kappa shape index (κ2) is 11.4. The Morgan fingerprint density at radius 3 is 2.12 bits per heavy atom. The molecule has 0 radical (unpaired) electrons. The van der Waals surface area contributed by atoms with Gasteiger partial charge in [0.2, 0.25) is 0 Å². The van der Waals surface area contributed by atoms with Gasteiger partial charge in [0.25, 0.3) is 0 Å². The fraction of sp³-hybridized carbons (Fsp3) is 0.172. The number of carbonyl (C=O) groups is 2. The first-order valence-corrected chi connectivity index (χ1v) is 11.3. The minimum atomic E-state index is -0.982. The molecule has 1 N–H and O–H groups in total. The number of halogens is 1. The standard InChI is InChI=1S/C29H27ClO3/c1-22-9-11-23(12-10-22)6-5-20-29(21-19-28(32)33,25-7-3-2-4-8-25)27(31)18-15-24-13-16-26(30)17-14-24/h2-18H,19-21H2,1H3,(H,32,33)/b6-5+,18-15+. The maximum Gasteiger partial charge on any atom is 0.303 e. The molecule has 3 aromatic rings. The third kappa shape index (κ3) is 6.77. The van der Waals surface area contributed by atoms with E-state index in [0.29, 0.717) is 11.4 Å². The van der Waals surface area contributed by atoms with Gasteiger partial charge in [-0.15, -0.1) is 0 Å². The lowest BCUT2D eigenvalue weighted by atomic mass is 9.70. The Morgan fingerprint density at radius 1 is 0.879 bits per heavy atom. The summed E-state index contributed by atoms with van der Waals surface area (Å²) in [5.41, 5.74) is 2.89. The fourth-order valence-electron chi connectivity index (χ4n) is 3.79. The van der Waals surface area contributed by atoms with Crippen LogP contribution >= 0.6 is 11.6 Å². The summed E-state index contributed by atoms with van der Waals surface area (Å²) in [5, 5.41) is 10.0. The van der Waals surface area contributed by atoms with Crippen LogP contribution in [0.15, 0.2) is 91.0 Å². The molecule has 3 nitrogen and oxygen atoms in total. The molecule has 0 saturated heterocycles. The minimum Gasteiger partial charge on any atom is -0.481 e. The molecule has 3 aromatic carbocycles. The smallest absolute Gasteiger partial charge is 0.303 e. The number of aliphatic carboxylic acids is 1. The second-order valence-electron chi connectivity index (χ2n) is 8.11. The molecule has 0 aliphatic heterocycles. The zero-order valence-electron chi connectivity index (χ0n) is 18.6. The van der Waals surface area contributed by atoms with E-state index in [1.165, 1.54) is 5.56 Å². The van der Waals surface area contributed by atoms with Crippen LogP contribution in [-0.4, -0.2) is 16.9 Å². The highest BCUT2D eigenvalue weighted by Gasteiger charge is 2.37. The van der Waals surface area contributed by atoms with Crippen molar-refractivity contribution in [3.8, 4) is 0 Å². The average Bonchev–Trinajstić information content (AvgIpc) is 2.82. The van der Waals surface area contributed by atoms with Gasteiger partial charge in [0.1, 0.15) is 0 Å². The van der Waals surface area contributed by atoms with Gasteiger partial charge in [-0.3, -0.25) is 9.59 Å². The lowest BCUT2D eigenvalue weighted by Crippen LogP contribution is -2.35. The van der Waals surface area contributed by atoms with Gasteiger partial charge in [-0.25, -0.2) is 0 Å². The van der Waals surface area contributed by atoms with Crippen LogP contribution in [0.4, 0.5) is 0 Å². The van der Waals surface area contributed by atoms with Crippen molar-refractivity contribution in [2.24, 2.45) is 0 Å². The molecule has 0 saturated carbocycles. The summed E-state index contributed by atoms with van der Waals surface area (Å²) in [6.07, 6.45) is 7.74. The van der Waals surface area contributed by atoms with Crippen molar-refractivity contribution in [2.45, 2.75) is 31.6 Å². The quantitative estimate of drug-likeness (QED) is 0.328. The molecule has 33 heavy (non-hydrogen) atoms. The maximum absolute atomic E-state index is 13.7. The van der Waals surface area contributed by atoms with E-state index in [1.807, 2.05) is 85.8 Å². The number of aryl methyl sites for hydroxylation is 1. The first-order chi connectivity index (χ1) is 15.9. The van der Waals surface area contributed by atoms with E-state index in [9.17, 15) is 14.7 Å². The van der Waals surface area contributed by atoms with Gasteiger partial charge in [0.15, 0.2) is 5.78 Å². The Morgan fingerprint density at radius 2 is 1.48 bits per heavy atom. The molecule has 1 atom stereocenters. The van der Waals surface area contributed by atoms with Crippen LogP contribution in [0.3, 0.4) is 0 Å². The highest BCUT2D eigenvalue weighted by atomic mass is 35.5. The van der Waals surface area contributed by atoms with Crippen molar-refractivity contribution < 1.29 is 14.7 Å². The number of hydrogen-bond acceptors (Lipinski definition) is 2. The Kier molecular flexibility index (Phi) is 8.39. The van der Waals surface area contributed by atoms with Gasteiger partial charge >= 0.3 is 5.97 Å². The molecule has 168 valence electrons. The number of carboxylic acids is 1. The largest absolute Gasteiger partial charge is 0.481 e. The molecule has 0 aliphatic rings. The van der Waals surface area contributed by atoms with Crippen molar-refractivity contribution >= 4 is 35.5 Å². The van der Waals surface area contributed by atoms with Gasteiger partial charge < -0.3 is 5.11 Å². The minimum absolute atomic E-state index is 0.103. The van der Waals surface area contributed by atoms with Crippen molar-refractivity contribution in [3.05, 3.63) is 118 Å². The van der Waals surface area contributed by atoms with Crippen LogP contribution in [0.2, 0.25) is 5.02 Å².